The summed E-state index contributed by atoms with van der Waals surface area (Å²) in [5.74, 6) is -2.05. The van der Waals surface area contributed by atoms with Crippen LogP contribution in [0.15, 0.2) is 117 Å². The molecular formula is C90H104Cl5F4N21O9S4. The highest BCUT2D eigenvalue weighted by Gasteiger charge is 2.36. The van der Waals surface area contributed by atoms with E-state index in [1.807, 2.05) is 146 Å². The zero-order valence-electron chi connectivity index (χ0n) is 77.2. The monoisotopic (exact) mass is 2000 g/mol. The average molecular weight is 2010 g/mol. The van der Waals surface area contributed by atoms with Gasteiger partial charge in [-0.25, -0.2) is 84.5 Å². The maximum Gasteiger partial charge on any atom is 0.410 e. The smallest absolute Gasteiger partial charge is 0.410 e. The number of aromatic amines is 1. The molecule has 0 radical (unpaired) electrons. The number of nitrogens with one attached hydrogen (secondary N) is 2. The second-order valence-electron chi connectivity index (χ2n) is 34.6. The number of aromatic nitrogens is 16. The highest BCUT2D eigenvalue weighted by atomic mass is 35.5. The average Bonchev–Trinajstić information content (AvgIpc) is 0.740. The number of piperidine rings is 1. The van der Waals surface area contributed by atoms with Gasteiger partial charge in [0.25, 0.3) is 5.56 Å². The highest BCUT2D eigenvalue weighted by Crippen LogP contribution is 2.40. The third kappa shape index (κ3) is 23.5. The van der Waals surface area contributed by atoms with Crippen LogP contribution in [0.5, 0.6) is 0 Å². The molecule has 3 aliphatic heterocycles. The Kier molecular flexibility index (Phi) is 34.3. The number of ether oxygens (including phenoxy) is 2. The predicted molar refractivity (Wildman–Crippen MR) is 523 cm³/mol. The van der Waals surface area contributed by atoms with E-state index in [0.29, 0.717) is 93.6 Å². The van der Waals surface area contributed by atoms with Crippen LogP contribution in [0.1, 0.15) is 183 Å². The number of rotatable bonds is 14. The third-order valence-electron chi connectivity index (χ3n) is 21.3. The number of H-pyrrole nitrogens is 1. The van der Waals surface area contributed by atoms with Crippen LogP contribution in [0.2, 0.25) is 25.8 Å². The van der Waals surface area contributed by atoms with Gasteiger partial charge in [0.2, 0.25) is 0 Å². The number of halogens is 9. The van der Waals surface area contributed by atoms with E-state index in [9.17, 15) is 51.1 Å². The maximum absolute atomic E-state index is 14.8. The van der Waals surface area contributed by atoms with Crippen LogP contribution in [-0.4, -0.2) is 200 Å². The molecule has 2 amide bonds. The molecule has 15 rings (SSSR count). The normalized spacial score (nSPS) is 15.4. The fourth-order valence-corrected chi connectivity index (χ4v) is 18.3. The number of hydrogen-bond acceptors (Lipinski definition) is 27. The number of thioether (sulfide) groups is 4. The van der Waals surface area contributed by atoms with E-state index in [1.165, 1.54) is 77.4 Å². The van der Waals surface area contributed by atoms with Gasteiger partial charge in [0.05, 0.1) is 67.1 Å². The fraction of sp³-hybridized carbons (Fsp3) is 0.444. The van der Waals surface area contributed by atoms with Gasteiger partial charge in [-0.2, -0.15) is 15.0 Å². The van der Waals surface area contributed by atoms with Crippen LogP contribution in [0.25, 0.3) is 66.9 Å². The number of amides is 2. The zero-order valence-corrected chi connectivity index (χ0v) is 84.3. The second kappa shape index (κ2) is 43.9. The van der Waals surface area contributed by atoms with Gasteiger partial charge in [-0.3, -0.25) is 29.7 Å². The minimum Gasteiger partial charge on any atom is -0.444 e. The molecule has 0 bridgehead atoms. The van der Waals surface area contributed by atoms with E-state index in [1.54, 1.807) is 46.7 Å². The Hall–Kier alpha value is -9.77. The molecule has 3 atom stereocenters. The summed E-state index contributed by atoms with van der Waals surface area (Å²) in [5, 5.41) is 2.74. The van der Waals surface area contributed by atoms with E-state index < -0.39 is 74.0 Å². The first-order valence-corrected chi connectivity index (χ1v) is 49.4. The topological polar surface area (TPSA) is 340 Å². The lowest BCUT2D eigenvalue weighted by Crippen LogP contribution is -2.55. The van der Waals surface area contributed by atoms with E-state index >= 15 is 0 Å². The van der Waals surface area contributed by atoms with Crippen molar-refractivity contribution in [3.63, 3.8) is 0 Å². The molecule has 0 aliphatic carbocycles. The number of carbonyl (C=O) groups excluding carboxylic acids is 2. The quantitative estimate of drug-likeness (QED) is 0.0442. The molecule has 30 nitrogen and oxygen atoms in total. The van der Waals surface area contributed by atoms with E-state index in [2.05, 4.69) is 83.9 Å². The molecule has 710 valence electrons. The molecule has 12 aromatic heterocycles. The summed E-state index contributed by atoms with van der Waals surface area (Å²) in [4.78, 5) is 149. The van der Waals surface area contributed by atoms with Crippen LogP contribution >= 0.6 is 105 Å². The second-order valence-corrected chi connectivity index (χ2v) is 39.8. The summed E-state index contributed by atoms with van der Waals surface area (Å²) >= 11 is 35.7. The van der Waals surface area contributed by atoms with Crippen molar-refractivity contribution in [2.75, 3.05) is 80.6 Å². The van der Waals surface area contributed by atoms with Crippen LogP contribution in [0.4, 0.5) is 38.8 Å². The molecule has 0 spiro atoms. The number of carbonyl (C=O) groups is 2. The first kappa shape index (κ1) is 104. The maximum atomic E-state index is 14.8. The van der Waals surface area contributed by atoms with Crippen molar-refractivity contribution in [1.82, 2.24) is 93.2 Å². The van der Waals surface area contributed by atoms with Gasteiger partial charge in [-0.15, -0.1) is 47.0 Å². The molecule has 0 unspecified atom stereocenters. The lowest BCUT2D eigenvalue weighted by Gasteiger charge is -2.41. The van der Waals surface area contributed by atoms with Gasteiger partial charge < -0.3 is 34.4 Å². The number of fused-ring (bicyclic) bond motifs is 4. The van der Waals surface area contributed by atoms with Crippen molar-refractivity contribution < 1.29 is 36.6 Å². The Morgan fingerprint density at radius 1 is 0.429 bits per heavy atom. The summed E-state index contributed by atoms with van der Waals surface area (Å²) in [6, 6.07) is 12.3. The number of nitrogens with zero attached hydrogens (tertiary/aromatic N) is 19. The lowest BCUT2D eigenvalue weighted by atomic mass is 10.0. The first-order valence-electron chi connectivity index (χ1n) is 42.6. The Bertz CT molecular complexity index is 6730. The summed E-state index contributed by atoms with van der Waals surface area (Å²) in [6.45, 7) is 37.1. The summed E-state index contributed by atoms with van der Waals surface area (Å²) in [6.07, 6.45) is 16.9. The van der Waals surface area contributed by atoms with Crippen LogP contribution in [-0.2, 0) is 9.47 Å². The molecule has 133 heavy (non-hydrogen) atoms. The third-order valence-corrected chi connectivity index (χ3v) is 25.7. The van der Waals surface area contributed by atoms with Gasteiger partial charge in [-0.05, 0) is 179 Å². The molecule has 3 fully saturated rings. The van der Waals surface area contributed by atoms with Gasteiger partial charge >= 0.3 is 34.9 Å². The highest BCUT2D eigenvalue weighted by molar-refractivity contribution is 7.99. The van der Waals surface area contributed by atoms with Gasteiger partial charge in [-0.1, -0.05) is 113 Å². The molecule has 12 aromatic rings. The Morgan fingerprint density at radius 3 is 1.12 bits per heavy atom. The van der Waals surface area contributed by atoms with Crippen molar-refractivity contribution in [2.45, 2.75) is 210 Å². The van der Waals surface area contributed by atoms with Crippen molar-refractivity contribution in [3.8, 4) is 22.7 Å². The minimum atomic E-state index is -0.828. The predicted octanol–water partition coefficient (Wildman–Crippen LogP) is 19.2. The number of pyridine rings is 8. The number of hydrogen-bond donors (Lipinski definition) is 2. The SMILES string of the molecule is CSc1ccnc(C(C)C)c1-n1c(=O)[nH]c(=O)c2cc(F)c(Cl)nc21.CSc1ccnc(C(C)C)c1-n1c(=O)nc(Cl)c2cc(F)c(Cl)nc21.CSc1ccnc(C(C)C)c1-n1c(=O)nc(N2CCCC[C@@H]2C)c2cc(F)c(Cl)nc21.CSc1ccnc(C(C)C)c1-n1c(=O)nc(N2CCN(C(=O)OC(C)(C)C)C[C@@H]2C)c2cc(F)c(Cl)nc21.C[C@H]1CN(C(=O)OC(C)(C)C)CCN1. The zero-order chi connectivity index (χ0) is 97.6. The van der Waals surface area contributed by atoms with Crippen LogP contribution < -0.4 is 43.4 Å². The fourth-order valence-electron chi connectivity index (χ4n) is 15.2. The van der Waals surface area contributed by atoms with Crippen molar-refractivity contribution in [2.24, 2.45) is 0 Å². The van der Waals surface area contributed by atoms with Gasteiger partial charge in [0.15, 0.2) is 66.5 Å². The van der Waals surface area contributed by atoms with Gasteiger partial charge in [0, 0.05) is 108 Å². The molecule has 3 aliphatic rings. The first-order chi connectivity index (χ1) is 62.7. The van der Waals surface area contributed by atoms with Crippen molar-refractivity contribution in [3.05, 3.63) is 197 Å². The minimum absolute atomic E-state index is 0.00407. The Balaban J connectivity index is 0.000000165. The van der Waals surface area contributed by atoms with Gasteiger partial charge in [0.1, 0.15) is 28.0 Å². The Labute approximate surface area is 807 Å². The van der Waals surface area contributed by atoms with Crippen molar-refractivity contribution in [1.29, 1.82) is 0 Å². The van der Waals surface area contributed by atoms with Crippen molar-refractivity contribution >= 4 is 173 Å². The number of anilines is 2. The Morgan fingerprint density at radius 2 is 0.767 bits per heavy atom. The molecule has 43 heteroatoms. The molecule has 15 heterocycles. The largest absolute Gasteiger partial charge is 0.444 e. The summed E-state index contributed by atoms with van der Waals surface area (Å²) in [7, 11) is 0. The summed E-state index contributed by atoms with van der Waals surface area (Å²) in [5.41, 5.74) is 1.57. The molecule has 2 N–H and O–H groups in total. The van der Waals surface area contributed by atoms with E-state index in [0.717, 1.165) is 82.9 Å². The molecule has 0 aromatic carbocycles. The summed E-state index contributed by atoms with van der Waals surface area (Å²) < 4.78 is 73.1. The standard InChI is InChI=1S/C26H32ClFN6O3S.C22H25ClFN5OS.C16H13Cl2FN4OS.C16H14ClFN4O2S.C10H20N2O2/c1-14(2)19-20(18(38-7)8-9-29-19)34-23-16(12-17(28)21(27)30-23)22(31-24(34)35)33-11-10-32(13-15(33)3)25(36)37-26(4,5)6;1-12(2)17-18(16(31-4)8-9-25-17)29-21-14(11-15(24)19(23)26-21)20(27-22(29)30)28-10-6-5-7-13(28)3;1-7(2)11-12(10(25-3)4-5-20-11)23-15-8(13(17)22-16(23)24)6-9(19)14(18)21-15;1-7(2)11-12(10(25-3)4-5-19-11)22-14-8(15(23)21-16(22)24)6-9(18)13(17)20-14;1-8-7-12(6-5-11-8)9(13)14-10(2,3)4/h8-9,12,14-15H,10-11,13H2,1-7H3;8-9,11-13H,5-7,10H2,1-4H3;4-7H,1-3H3;4-7H,1-3H3,(H,21,23,24);8,11H,5-7H2,1-4H3/t15-;13-;;;8-/m00..0/s1. The van der Waals surface area contributed by atoms with E-state index in [-0.39, 0.29) is 90.2 Å². The van der Waals surface area contributed by atoms with Crippen LogP contribution in [0.3, 0.4) is 0 Å². The number of piperazine rings is 2. The molecular weight excluding hydrogens is 1900 g/mol. The van der Waals surface area contributed by atoms with E-state index in [4.69, 9.17) is 67.5 Å². The molecule has 3 saturated heterocycles. The lowest BCUT2D eigenvalue weighted by molar-refractivity contribution is 0.0197. The van der Waals surface area contributed by atoms with Crippen LogP contribution in [0, 0.1) is 23.3 Å². The molecule has 0 saturated carbocycles.